The highest BCUT2D eigenvalue weighted by molar-refractivity contribution is 9.10. The molecule has 4 nitrogen and oxygen atoms in total. The van der Waals surface area contributed by atoms with Gasteiger partial charge in [0.15, 0.2) is 0 Å². The first-order valence-corrected chi connectivity index (χ1v) is 8.57. The number of rotatable bonds is 4. The van der Waals surface area contributed by atoms with Crippen LogP contribution in [-0.4, -0.2) is 20.8 Å². The zero-order valence-electron chi connectivity index (χ0n) is 11.4. The van der Waals surface area contributed by atoms with Crippen LogP contribution >= 0.6 is 62.3 Å². The summed E-state index contributed by atoms with van der Waals surface area (Å²) in [6.07, 6.45) is 0.540. The molecule has 2 rings (SSSR count). The molecular weight excluding hydrogens is 448 g/mol. The molecule has 1 aromatic heterocycles. The van der Waals surface area contributed by atoms with Gasteiger partial charge in [0.25, 0.3) is 5.91 Å². The molecule has 0 aliphatic carbocycles. The lowest BCUT2D eigenvalue weighted by Gasteiger charge is -2.27. The summed E-state index contributed by atoms with van der Waals surface area (Å²) in [4.78, 5) is 16.2. The molecule has 122 valence electrons. The average molecular weight is 458 g/mol. The number of benzene rings is 1. The van der Waals surface area contributed by atoms with Crippen LogP contribution in [0.1, 0.15) is 10.5 Å². The van der Waals surface area contributed by atoms with E-state index < -0.39 is 15.9 Å². The van der Waals surface area contributed by atoms with Crippen molar-refractivity contribution < 1.29 is 4.79 Å². The largest absolute Gasteiger partial charge is 0.362 e. The highest BCUT2D eigenvalue weighted by Crippen LogP contribution is 2.31. The second-order valence-electron chi connectivity index (χ2n) is 4.46. The predicted molar refractivity (Wildman–Crippen MR) is 98.6 cm³/mol. The van der Waals surface area contributed by atoms with Gasteiger partial charge in [0, 0.05) is 21.4 Å². The minimum Gasteiger partial charge on any atom is -0.362 e. The van der Waals surface area contributed by atoms with Gasteiger partial charge in [-0.05, 0) is 52.3 Å². The molecule has 1 unspecified atom stereocenters. The molecule has 0 aliphatic rings. The van der Waals surface area contributed by atoms with Crippen LogP contribution in [0.4, 0.5) is 5.69 Å². The number of nitrogens with one attached hydrogen (secondary N) is 2. The molecular formula is C14H10BrCl4N3O. The number of hydrogen-bond donors (Lipinski definition) is 2. The van der Waals surface area contributed by atoms with E-state index in [2.05, 4.69) is 31.5 Å². The van der Waals surface area contributed by atoms with Crippen LogP contribution in [0.3, 0.4) is 0 Å². The molecule has 0 fully saturated rings. The number of alkyl halides is 3. The van der Waals surface area contributed by atoms with Gasteiger partial charge in [0.1, 0.15) is 11.9 Å². The minimum absolute atomic E-state index is 0.199. The van der Waals surface area contributed by atoms with Gasteiger partial charge in [-0.15, -0.1) is 0 Å². The van der Waals surface area contributed by atoms with Crippen molar-refractivity contribution in [3.8, 4) is 0 Å². The van der Waals surface area contributed by atoms with Gasteiger partial charge in [-0.25, -0.2) is 4.98 Å². The molecule has 2 aromatic rings. The van der Waals surface area contributed by atoms with Crippen LogP contribution < -0.4 is 10.6 Å². The Labute approximate surface area is 161 Å². The van der Waals surface area contributed by atoms with Crippen molar-refractivity contribution in [2.45, 2.75) is 9.96 Å². The molecule has 0 saturated carbocycles. The standard InChI is InChI=1S/C14H10BrCl4N3O/c15-8-1-6-11(20-7-8)12(23)22-13(14(17,18)19)21-10-4-2-9(16)3-5-10/h1-7,13,21H,(H,22,23). The number of carbonyl (C=O) groups is 1. The maximum Gasteiger partial charge on any atom is 0.271 e. The summed E-state index contributed by atoms with van der Waals surface area (Å²) < 4.78 is -1.02. The van der Waals surface area contributed by atoms with E-state index in [9.17, 15) is 4.79 Å². The van der Waals surface area contributed by atoms with Crippen LogP contribution in [0.2, 0.25) is 5.02 Å². The van der Waals surface area contributed by atoms with Gasteiger partial charge in [-0.1, -0.05) is 46.4 Å². The molecule has 1 amide bonds. The fourth-order valence-electron chi connectivity index (χ4n) is 1.63. The number of carbonyl (C=O) groups excluding carboxylic acids is 1. The molecule has 23 heavy (non-hydrogen) atoms. The molecule has 0 radical (unpaired) electrons. The number of nitrogens with zero attached hydrogens (tertiary/aromatic N) is 1. The van der Waals surface area contributed by atoms with E-state index in [1.54, 1.807) is 36.4 Å². The summed E-state index contributed by atoms with van der Waals surface area (Å²) in [6, 6.07) is 10.0. The van der Waals surface area contributed by atoms with Crippen molar-refractivity contribution in [2.75, 3.05) is 5.32 Å². The van der Waals surface area contributed by atoms with Gasteiger partial charge in [0.2, 0.25) is 3.79 Å². The summed E-state index contributed by atoms with van der Waals surface area (Å²) in [7, 11) is 0. The highest BCUT2D eigenvalue weighted by Gasteiger charge is 2.34. The number of aromatic nitrogens is 1. The van der Waals surface area contributed by atoms with Crippen molar-refractivity contribution in [3.05, 3.63) is 57.8 Å². The maximum atomic E-state index is 12.2. The first-order chi connectivity index (χ1) is 10.8. The summed E-state index contributed by atoms with van der Waals surface area (Å²) in [5.41, 5.74) is 0.833. The fraction of sp³-hybridized carbons (Fsp3) is 0.143. The fourth-order valence-corrected chi connectivity index (χ4v) is 2.32. The molecule has 1 atom stereocenters. The van der Waals surface area contributed by atoms with Crippen molar-refractivity contribution >= 4 is 73.9 Å². The van der Waals surface area contributed by atoms with Crippen LogP contribution in [0.25, 0.3) is 0 Å². The smallest absolute Gasteiger partial charge is 0.271 e. The van der Waals surface area contributed by atoms with E-state index in [0.717, 1.165) is 4.47 Å². The maximum absolute atomic E-state index is 12.2. The summed E-state index contributed by atoms with van der Waals surface area (Å²) in [5.74, 6) is -0.477. The van der Waals surface area contributed by atoms with E-state index >= 15 is 0 Å². The van der Waals surface area contributed by atoms with Crippen molar-refractivity contribution in [1.82, 2.24) is 10.3 Å². The third kappa shape index (κ3) is 5.69. The van der Waals surface area contributed by atoms with Gasteiger partial charge in [-0.2, -0.15) is 0 Å². The molecule has 2 N–H and O–H groups in total. The lowest BCUT2D eigenvalue weighted by atomic mass is 10.3. The Morgan fingerprint density at radius 2 is 1.78 bits per heavy atom. The molecule has 0 bridgehead atoms. The first-order valence-electron chi connectivity index (χ1n) is 6.27. The number of hydrogen-bond acceptors (Lipinski definition) is 3. The second-order valence-corrected chi connectivity index (χ2v) is 8.18. The van der Waals surface area contributed by atoms with E-state index in [-0.39, 0.29) is 5.69 Å². The summed E-state index contributed by atoms with van der Waals surface area (Å²) in [5, 5.41) is 6.11. The number of amides is 1. The highest BCUT2D eigenvalue weighted by atomic mass is 79.9. The molecule has 1 heterocycles. The first kappa shape index (κ1) is 18.6. The van der Waals surface area contributed by atoms with Gasteiger partial charge in [0.05, 0.1) is 0 Å². The van der Waals surface area contributed by atoms with Crippen LogP contribution in [0.15, 0.2) is 47.1 Å². The summed E-state index contributed by atoms with van der Waals surface area (Å²) >= 11 is 26.9. The number of halogens is 5. The lowest BCUT2D eigenvalue weighted by molar-refractivity contribution is 0.0937. The van der Waals surface area contributed by atoms with Crippen LogP contribution in [0, 0.1) is 0 Å². The number of anilines is 1. The normalized spacial score (nSPS) is 12.6. The van der Waals surface area contributed by atoms with E-state index in [1.807, 2.05) is 0 Å². The van der Waals surface area contributed by atoms with Gasteiger partial charge < -0.3 is 10.6 Å². The Morgan fingerprint density at radius 3 is 2.30 bits per heavy atom. The van der Waals surface area contributed by atoms with Crippen LogP contribution in [-0.2, 0) is 0 Å². The van der Waals surface area contributed by atoms with Gasteiger partial charge >= 0.3 is 0 Å². The molecule has 9 heteroatoms. The second kappa shape index (κ2) is 7.90. The van der Waals surface area contributed by atoms with Crippen molar-refractivity contribution in [3.63, 3.8) is 0 Å². The third-order valence-electron chi connectivity index (χ3n) is 2.72. The van der Waals surface area contributed by atoms with E-state index in [0.29, 0.717) is 10.7 Å². The van der Waals surface area contributed by atoms with E-state index in [4.69, 9.17) is 46.4 Å². The number of pyridine rings is 1. The zero-order valence-corrected chi connectivity index (χ0v) is 16.0. The predicted octanol–water partition coefficient (Wildman–Crippen LogP) is 5.04. The Balaban J connectivity index is 2.14. The molecule has 1 aromatic carbocycles. The lowest BCUT2D eigenvalue weighted by Crippen LogP contribution is -2.49. The zero-order chi connectivity index (χ0) is 17.0. The average Bonchev–Trinajstić information content (AvgIpc) is 2.48. The Morgan fingerprint density at radius 1 is 1.13 bits per heavy atom. The quantitative estimate of drug-likeness (QED) is 0.499. The topological polar surface area (TPSA) is 54.0 Å². The van der Waals surface area contributed by atoms with Crippen molar-refractivity contribution in [1.29, 1.82) is 0 Å². The monoisotopic (exact) mass is 455 g/mol. The van der Waals surface area contributed by atoms with Crippen LogP contribution in [0.5, 0.6) is 0 Å². The Hall–Kier alpha value is -0.720. The van der Waals surface area contributed by atoms with Gasteiger partial charge in [-0.3, -0.25) is 4.79 Å². The third-order valence-corrected chi connectivity index (χ3v) is 4.09. The summed E-state index contributed by atoms with van der Waals surface area (Å²) in [6.45, 7) is 0. The molecule has 0 aliphatic heterocycles. The minimum atomic E-state index is -1.77. The van der Waals surface area contributed by atoms with Crippen molar-refractivity contribution in [2.24, 2.45) is 0 Å². The molecule has 0 spiro atoms. The van der Waals surface area contributed by atoms with E-state index in [1.165, 1.54) is 6.20 Å². The Kier molecular flexibility index (Phi) is 6.40. The molecule has 0 saturated heterocycles. The Bertz CT molecular complexity index is 674. The SMILES string of the molecule is O=C(NC(Nc1ccc(Cl)cc1)C(Cl)(Cl)Cl)c1ccc(Br)cn1.